The molecule has 1 fully saturated rings. The van der Waals surface area contributed by atoms with E-state index in [-0.39, 0.29) is 12.1 Å². The van der Waals surface area contributed by atoms with E-state index in [1.165, 1.54) is 0 Å². The zero-order valence-corrected chi connectivity index (χ0v) is 14.5. The SMILES string of the molecule is CC(C)(C)OC(=O)N1CCC(n2ncc(-c3ccccc3)n2)CC1. The van der Waals surface area contributed by atoms with E-state index in [1.54, 1.807) is 15.9 Å². The van der Waals surface area contributed by atoms with Crippen molar-refractivity contribution in [3.8, 4) is 11.3 Å². The molecule has 24 heavy (non-hydrogen) atoms. The van der Waals surface area contributed by atoms with Gasteiger partial charge in [-0.1, -0.05) is 30.3 Å². The number of amides is 1. The van der Waals surface area contributed by atoms with Gasteiger partial charge in [-0.2, -0.15) is 15.0 Å². The van der Waals surface area contributed by atoms with Gasteiger partial charge in [-0.3, -0.25) is 0 Å². The van der Waals surface area contributed by atoms with E-state index in [0.29, 0.717) is 13.1 Å². The van der Waals surface area contributed by atoms with Crippen LogP contribution in [0.1, 0.15) is 39.7 Å². The zero-order valence-electron chi connectivity index (χ0n) is 14.5. The molecule has 1 aliphatic rings. The maximum Gasteiger partial charge on any atom is 0.410 e. The molecule has 3 rings (SSSR count). The molecule has 1 aromatic carbocycles. The number of carbonyl (C=O) groups excluding carboxylic acids is 1. The topological polar surface area (TPSA) is 60.2 Å². The van der Waals surface area contributed by atoms with Gasteiger partial charge in [0.2, 0.25) is 0 Å². The van der Waals surface area contributed by atoms with Crippen molar-refractivity contribution in [1.82, 2.24) is 19.9 Å². The van der Waals surface area contributed by atoms with E-state index in [9.17, 15) is 4.79 Å². The predicted molar refractivity (Wildman–Crippen MR) is 91.5 cm³/mol. The van der Waals surface area contributed by atoms with Gasteiger partial charge in [-0.25, -0.2) is 4.79 Å². The molecule has 0 aliphatic carbocycles. The predicted octanol–water partition coefficient (Wildman–Crippen LogP) is 3.52. The fourth-order valence-corrected chi connectivity index (χ4v) is 2.80. The largest absolute Gasteiger partial charge is 0.444 e. The van der Waals surface area contributed by atoms with Crippen molar-refractivity contribution in [3.05, 3.63) is 36.5 Å². The number of hydrogen-bond acceptors (Lipinski definition) is 4. The van der Waals surface area contributed by atoms with Gasteiger partial charge in [-0.15, -0.1) is 0 Å². The van der Waals surface area contributed by atoms with Crippen molar-refractivity contribution >= 4 is 6.09 Å². The molecule has 1 aromatic heterocycles. The van der Waals surface area contributed by atoms with Gasteiger partial charge in [0.15, 0.2) is 0 Å². The van der Waals surface area contributed by atoms with Crippen LogP contribution in [0.25, 0.3) is 11.3 Å². The van der Waals surface area contributed by atoms with Crippen molar-refractivity contribution in [2.24, 2.45) is 0 Å². The monoisotopic (exact) mass is 328 g/mol. The summed E-state index contributed by atoms with van der Waals surface area (Å²) in [5.41, 5.74) is 1.49. The number of carbonyl (C=O) groups is 1. The van der Waals surface area contributed by atoms with Crippen LogP contribution in [-0.2, 0) is 4.74 Å². The second kappa shape index (κ2) is 6.63. The second-order valence-electron chi connectivity index (χ2n) is 7.11. The normalized spacial score (nSPS) is 16.2. The Morgan fingerprint density at radius 2 is 1.83 bits per heavy atom. The van der Waals surface area contributed by atoms with Crippen molar-refractivity contribution in [2.75, 3.05) is 13.1 Å². The highest BCUT2D eigenvalue weighted by Crippen LogP contribution is 2.24. The highest BCUT2D eigenvalue weighted by molar-refractivity contribution is 5.68. The van der Waals surface area contributed by atoms with Crippen LogP contribution in [0.15, 0.2) is 36.5 Å². The lowest BCUT2D eigenvalue weighted by molar-refractivity contribution is 0.0180. The summed E-state index contributed by atoms with van der Waals surface area (Å²) in [6, 6.07) is 10.3. The minimum atomic E-state index is -0.456. The molecule has 2 heterocycles. The number of ether oxygens (including phenoxy) is 1. The Morgan fingerprint density at radius 1 is 1.17 bits per heavy atom. The highest BCUT2D eigenvalue weighted by Gasteiger charge is 2.28. The third-order valence-electron chi connectivity index (χ3n) is 4.02. The van der Waals surface area contributed by atoms with Crippen LogP contribution in [0.3, 0.4) is 0 Å². The van der Waals surface area contributed by atoms with Gasteiger partial charge in [0.25, 0.3) is 0 Å². The maximum atomic E-state index is 12.1. The summed E-state index contributed by atoms with van der Waals surface area (Å²) in [7, 11) is 0. The minimum absolute atomic E-state index is 0.223. The molecule has 6 nitrogen and oxygen atoms in total. The first-order valence-electron chi connectivity index (χ1n) is 8.37. The number of aromatic nitrogens is 3. The number of benzene rings is 1. The molecular weight excluding hydrogens is 304 g/mol. The van der Waals surface area contributed by atoms with Crippen LogP contribution in [0.5, 0.6) is 0 Å². The summed E-state index contributed by atoms with van der Waals surface area (Å²) in [5, 5.41) is 9.02. The smallest absolute Gasteiger partial charge is 0.410 e. The molecule has 0 spiro atoms. The molecule has 0 N–H and O–H groups in total. The van der Waals surface area contributed by atoms with Crippen molar-refractivity contribution in [3.63, 3.8) is 0 Å². The number of piperidine rings is 1. The maximum absolute atomic E-state index is 12.1. The molecule has 6 heteroatoms. The summed E-state index contributed by atoms with van der Waals surface area (Å²) < 4.78 is 5.43. The highest BCUT2D eigenvalue weighted by atomic mass is 16.6. The van der Waals surface area contributed by atoms with Crippen LogP contribution < -0.4 is 0 Å². The van der Waals surface area contributed by atoms with Crippen LogP contribution >= 0.6 is 0 Å². The second-order valence-corrected chi connectivity index (χ2v) is 7.11. The zero-order chi connectivity index (χ0) is 17.2. The summed E-state index contributed by atoms with van der Waals surface area (Å²) >= 11 is 0. The van der Waals surface area contributed by atoms with Crippen LogP contribution in [0.2, 0.25) is 0 Å². The first-order valence-corrected chi connectivity index (χ1v) is 8.37. The van der Waals surface area contributed by atoms with E-state index in [0.717, 1.165) is 24.1 Å². The van der Waals surface area contributed by atoms with Gasteiger partial charge in [-0.05, 0) is 33.6 Å². The van der Waals surface area contributed by atoms with Gasteiger partial charge < -0.3 is 9.64 Å². The summed E-state index contributed by atoms with van der Waals surface area (Å²) in [5.74, 6) is 0. The Kier molecular flexibility index (Phi) is 4.55. The van der Waals surface area contributed by atoms with Crippen LogP contribution in [0.4, 0.5) is 4.79 Å². The third kappa shape index (κ3) is 3.93. The van der Waals surface area contributed by atoms with E-state index in [1.807, 2.05) is 51.1 Å². The summed E-state index contributed by atoms with van der Waals surface area (Å²) in [4.78, 5) is 15.7. The summed E-state index contributed by atoms with van der Waals surface area (Å²) in [6.07, 6.45) is 3.24. The molecule has 128 valence electrons. The molecule has 0 radical (unpaired) electrons. The molecule has 1 amide bonds. The molecule has 2 aromatic rings. The first kappa shape index (κ1) is 16.5. The molecule has 0 atom stereocenters. The molecule has 0 unspecified atom stereocenters. The average Bonchev–Trinajstić information content (AvgIpc) is 3.04. The van der Waals surface area contributed by atoms with Gasteiger partial charge in [0.05, 0.1) is 12.2 Å². The Hall–Kier alpha value is -2.37. The quantitative estimate of drug-likeness (QED) is 0.846. The van der Waals surface area contributed by atoms with Crippen LogP contribution in [0, 0.1) is 0 Å². The molecule has 0 saturated carbocycles. The Morgan fingerprint density at radius 3 is 2.46 bits per heavy atom. The lowest BCUT2D eigenvalue weighted by Gasteiger charge is -2.32. The Labute approximate surface area is 142 Å². The lowest BCUT2D eigenvalue weighted by Crippen LogP contribution is -2.42. The fourth-order valence-electron chi connectivity index (χ4n) is 2.80. The van der Waals surface area contributed by atoms with Gasteiger partial charge in [0.1, 0.15) is 11.3 Å². The number of nitrogens with zero attached hydrogens (tertiary/aromatic N) is 4. The molecule has 1 saturated heterocycles. The van der Waals surface area contributed by atoms with E-state index in [2.05, 4.69) is 10.2 Å². The lowest BCUT2D eigenvalue weighted by atomic mass is 10.1. The molecular formula is C18H24N4O2. The van der Waals surface area contributed by atoms with Gasteiger partial charge in [0, 0.05) is 18.7 Å². The molecule has 0 bridgehead atoms. The van der Waals surface area contributed by atoms with E-state index < -0.39 is 5.60 Å². The van der Waals surface area contributed by atoms with E-state index in [4.69, 9.17) is 4.74 Å². The average molecular weight is 328 g/mol. The van der Waals surface area contributed by atoms with Gasteiger partial charge >= 0.3 is 6.09 Å². The Bertz CT molecular complexity index is 683. The number of hydrogen-bond donors (Lipinski definition) is 0. The molecule has 1 aliphatic heterocycles. The van der Waals surface area contributed by atoms with Crippen molar-refractivity contribution in [2.45, 2.75) is 45.3 Å². The number of likely N-dealkylation sites (tertiary alicyclic amines) is 1. The number of rotatable bonds is 2. The van der Waals surface area contributed by atoms with Crippen molar-refractivity contribution in [1.29, 1.82) is 0 Å². The standard InChI is InChI=1S/C18H24N4O2/c1-18(2,3)24-17(23)21-11-9-15(10-12-21)22-19-13-16(20-22)14-7-5-4-6-8-14/h4-8,13,15H,9-12H2,1-3H3. The fraction of sp³-hybridized carbons (Fsp3) is 0.500. The first-order chi connectivity index (χ1) is 11.4. The van der Waals surface area contributed by atoms with Crippen LogP contribution in [-0.4, -0.2) is 44.7 Å². The third-order valence-corrected chi connectivity index (χ3v) is 4.02. The van der Waals surface area contributed by atoms with E-state index >= 15 is 0 Å². The Balaban J connectivity index is 1.59. The van der Waals surface area contributed by atoms with Crippen molar-refractivity contribution < 1.29 is 9.53 Å². The summed E-state index contributed by atoms with van der Waals surface area (Å²) in [6.45, 7) is 6.99. The minimum Gasteiger partial charge on any atom is -0.444 e.